The van der Waals surface area contributed by atoms with Crippen LogP contribution in [0.3, 0.4) is 0 Å². The van der Waals surface area contributed by atoms with Gasteiger partial charge in [0, 0.05) is 31.3 Å². The summed E-state index contributed by atoms with van der Waals surface area (Å²) in [5.74, 6) is 0. The Morgan fingerprint density at radius 2 is 2.05 bits per heavy atom. The fraction of sp³-hybridized carbons (Fsp3) is 0.286. The Balaban J connectivity index is 1.96. The molecule has 2 rings (SSSR count). The van der Waals surface area contributed by atoms with Gasteiger partial charge in [0.1, 0.15) is 0 Å². The second-order valence-corrected chi connectivity index (χ2v) is 4.18. The van der Waals surface area contributed by atoms with Crippen molar-refractivity contribution in [2.45, 2.75) is 13.0 Å². The maximum atomic E-state index is 11.5. The first-order valence-corrected chi connectivity index (χ1v) is 6.26. The molecular weight excluding hydrogens is 242 g/mol. The maximum Gasteiger partial charge on any atom is 0.315 e. The van der Waals surface area contributed by atoms with Gasteiger partial charge in [-0.15, -0.1) is 0 Å². The van der Waals surface area contributed by atoms with E-state index in [-0.39, 0.29) is 12.6 Å². The van der Waals surface area contributed by atoms with E-state index >= 15 is 0 Å². The monoisotopic (exact) mass is 259 g/mol. The summed E-state index contributed by atoms with van der Waals surface area (Å²) in [4.78, 5) is 15.8. The molecular formula is C14H17N3O2. The van der Waals surface area contributed by atoms with E-state index in [1.807, 2.05) is 30.3 Å². The number of hydrogen-bond acceptors (Lipinski definition) is 3. The van der Waals surface area contributed by atoms with Crippen molar-refractivity contribution >= 4 is 16.9 Å². The van der Waals surface area contributed by atoms with Crippen LogP contribution in [0.2, 0.25) is 0 Å². The zero-order valence-corrected chi connectivity index (χ0v) is 10.6. The molecule has 0 aliphatic carbocycles. The SMILES string of the molecule is O=C(NCCCO)NCc1cccc2cccnc12. The Bertz CT molecular complexity index is 552. The summed E-state index contributed by atoms with van der Waals surface area (Å²) in [6.07, 6.45) is 2.30. The molecule has 0 bridgehead atoms. The van der Waals surface area contributed by atoms with E-state index in [1.165, 1.54) is 0 Å². The summed E-state index contributed by atoms with van der Waals surface area (Å²) in [5, 5.41) is 15.1. The smallest absolute Gasteiger partial charge is 0.315 e. The standard InChI is InChI=1S/C14H17N3O2/c18-9-3-8-16-14(19)17-10-12-5-1-4-11-6-2-7-15-13(11)12/h1-2,4-7,18H,3,8-10H2,(H2,16,17,19). The fourth-order valence-corrected chi connectivity index (χ4v) is 1.83. The third-order valence-electron chi connectivity index (χ3n) is 2.78. The highest BCUT2D eigenvalue weighted by Gasteiger charge is 2.03. The van der Waals surface area contributed by atoms with Gasteiger partial charge in [-0.3, -0.25) is 4.98 Å². The van der Waals surface area contributed by atoms with Gasteiger partial charge < -0.3 is 15.7 Å². The predicted molar refractivity (Wildman–Crippen MR) is 73.7 cm³/mol. The minimum Gasteiger partial charge on any atom is -0.396 e. The number of hydrogen-bond donors (Lipinski definition) is 3. The van der Waals surface area contributed by atoms with E-state index in [9.17, 15) is 4.79 Å². The Morgan fingerprint density at radius 1 is 1.21 bits per heavy atom. The Kier molecular flexibility index (Phi) is 4.69. The summed E-state index contributed by atoms with van der Waals surface area (Å²) >= 11 is 0. The second-order valence-electron chi connectivity index (χ2n) is 4.18. The fourth-order valence-electron chi connectivity index (χ4n) is 1.83. The van der Waals surface area contributed by atoms with Crippen LogP contribution in [-0.2, 0) is 6.54 Å². The van der Waals surface area contributed by atoms with E-state index < -0.39 is 0 Å². The zero-order chi connectivity index (χ0) is 13.5. The van der Waals surface area contributed by atoms with Crippen molar-refractivity contribution in [2.75, 3.05) is 13.2 Å². The number of pyridine rings is 1. The topological polar surface area (TPSA) is 74.2 Å². The first kappa shape index (κ1) is 13.3. The van der Waals surface area contributed by atoms with E-state index in [4.69, 9.17) is 5.11 Å². The largest absolute Gasteiger partial charge is 0.396 e. The van der Waals surface area contributed by atoms with Crippen LogP contribution in [-0.4, -0.2) is 29.3 Å². The average Bonchev–Trinajstić information content (AvgIpc) is 2.45. The number of carbonyl (C=O) groups excluding carboxylic acids is 1. The van der Waals surface area contributed by atoms with E-state index in [1.54, 1.807) is 6.20 Å². The molecule has 5 nitrogen and oxygen atoms in total. The van der Waals surface area contributed by atoms with Crippen LogP contribution < -0.4 is 10.6 Å². The second kappa shape index (κ2) is 6.70. The number of aliphatic hydroxyl groups is 1. The number of carbonyl (C=O) groups is 1. The van der Waals surface area contributed by atoms with Crippen LogP contribution in [0.4, 0.5) is 4.79 Å². The van der Waals surface area contributed by atoms with Gasteiger partial charge in [0.15, 0.2) is 0 Å². The van der Waals surface area contributed by atoms with Crippen molar-refractivity contribution in [1.29, 1.82) is 0 Å². The van der Waals surface area contributed by atoms with Crippen LogP contribution in [0, 0.1) is 0 Å². The lowest BCUT2D eigenvalue weighted by molar-refractivity contribution is 0.238. The molecule has 19 heavy (non-hydrogen) atoms. The molecule has 0 aliphatic rings. The number of urea groups is 1. The number of aliphatic hydroxyl groups excluding tert-OH is 1. The Morgan fingerprint density at radius 3 is 2.89 bits per heavy atom. The predicted octanol–water partition coefficient (Wildman–Crippen LogP) is 1.42. The van der Waals surface area contributed by atoms with Crippen LogP contribution in [0.15, 0.2) is 36.5 Å². The number of nitrogens with zero attached hydrogens (tertiary/aromatic N) is 1. The molecule has 2 amide bonds. The Hall–Kier alpha value is -2.14. The number of rotatable bonds is 5. The molecule has 0 fully saturated rings. The van der Waals surface area contributed by atoms with Gasteiger partial charge in [-0.2, -0.15) is 0 Å². The Labute approximate surface area is 111 Å². The van der Waals surface area contributed by atoms with Gasteiger partial charge in [-0.05, 0) is 18.1 Å². The lowest BCUT2D eigenvalue weighted by atomic mass is 10.1. The van der Waals surface area contributed by atoms with Crippen molar-refractivity contribution in [1.82, 2.24) is 15.6 Å². The van der Waals surface area contributed by atoms with Gasteiger partial charge in [-0.1, -0.05) is 24.3 Å². The van der Waals surface area contributed by atoms with Crippen LogP contribution in [0.5, 0.6) is 0 Å². The van der Waals surface area contributed by atoms with Crippen molar-refractivity contribution in [3.8, 4) is 0 Å². The molecule has 3 N–H and O–H groups in total. The lowest BCUT2D eigenvalue weighted by Gasteiger charge is -2.08. The molecule has 0 radical (unpaired) electrons. The summed E-state index contributed by atoms with van der Waals surface area (Å²) in [6, 6.07) is 9.54. The van der Waals surface area contributed by atoms with Gasteiger partial charge in [-0.25, -0.2) is 4.79 Å². The molecule has 0 saturated carbocycles. The molecule has 2 aromatic rings. The summed E-state index contributed by atoms with van der Waals surface area (Å²) in [5.41, 5.74) is 1.89. The summed E-state index contributed by atoms with van der Waals surface area (Å²) in [7, 11) is 0. The van der Waals surface area contributed by atoms with E-state index in [0.717, 1.165) is 16.5 Å². The molecule has 0 saturated heterocycles. The minimum absolute atomic E-state index is 0.0769. The zero-order valence-electron chi connectivity index (χ0n) is 10.6. The third kappa shape index (κ3) is 3.66. The molecule has 0 spiro atoms. The number of para-hydroxylation sites is 1. The third-order valence-corrected chi connectivity index (χ3v) is 2.78. The molecule has 0 unspecified atom stereocenters. The molecule has 100 valence electrons. The average molecular weight is 259 g/mol. The molecule has 1 aromatic carbocycles. The first-order valence-electron chi connectivity index (χ1n) is 6.26. The lowest BCUT2D eigenvalue weighted by Crippen LogP contribution is -2.35. The van der Waals surface area contributed by atoms with Crippen LogP contribution in [0.1, 0.15) is 12.0 Å². The van der Waals surface area contributed by atoms with Crippen LogP contribution >= 0.6 is 0 Å². The summed E-state index contributed by atoms with van der Waals surface area (Å²) < 4.78 is 0. The number of aromatic nitrogens is 1. The van der Waals surface area contributed by atoms with Crippen LogP contribution in [0.25, 0.3) is 10.9 Å². The van der Waals surface area contributed by atoms with Gasteiger partial charge in [0.05, 0.1) is 5.52 Å². The highest BCUT2D eigenvalue weighted by molar-refractivity contribution is 5.82. The van der Waals surface area contributed by atoms with E-state index in [0.29, 0.717) is 19.5 Å². The van der Waals surface area contributed by atoms with Gasteiger partial charge >= 0.3 is 6.03 Å². The summed E-state index contributed by atoms with van der Waals surface area (Å²) in [6.45, 7) is 0.975. The number of amides is 2. The molecule has 0 aliphatic heterocycles. The molecule has 0 atom stereocenters. The van der Waals surface area contributed by atoms with E-state index in [2.05, 4.69) is 15.6 Å². The van der Waals surface area contributed by atoms with Crippen molar-refractivity contribution < 1.29 is 9.90 Å². The molecule has 1 heterocycles. The first-order chi connectivity index (χ1) is 9.31. The minimum atomic E-state index is -0.235. The highest BCUT2D eigenvalue weighted by Crippen LogP contribution is 2.15. The van der Waals surface area contributed by atoms with Crippen molar-refractivity contribution in [2.24, 2.45) is 0 Å². The number of nitrogens with one attached hydrogen (secondary N) is 2. The maximum absolute atomic E-state index is 11.5. The van der Waals surface area contributed by atoms with Crippen molar-refractivity contribution in [3.63, 3.8) is 0 Å². The quantitative estimate of drug-likeness (QED) is 0.711. The van der Waals surface area contributed by atoms with Gasteiger partial charge in [0.2, 0.25) is 0 Å². The normalized spacial score (nSPS) is 10.4. The number of benzene rings is 1. The highest BCUT2D eigenvalue weighted by atomic mass is 16.3. The number of fused-ring (bicyclic) bond motifs is 1. The molecule has 5 heteroatoms. The molecule has 1 aromatic heterocycles. The van der Waals surface area contributed by atoms with Gasteiger partial charge in [0.25, 0.3) is 0 Å². The van der Waals surface area contributed by atoms with Crippen molar-refractivity contribution in [3.05, 3.63) is 42.1 Å².